The van der Waals surface area contributed by atoms with Crippen LogP contribution in [0.25, 0.3) is 0 Å². The zero-order valence-corrected chi connectivity index (χ0v) is 19.4. The summed E-state index contributed by atoms with van der Waals surface area (Å²) in [4.78, 5) is 23.9. The van der Waals surface area contributed by atoms with Gasteiger partial charge < -0.3 is 14.8 Å². The summed E-state index contributed by atoms with van der Waals surface area (Å²) in [6.45, 7) is 4.89. The number of hydrogen-bond donors (Lipinski definition) is 1. The predicted octanol–water partition coefficient (Wildman–Crippen LogP) is 1.75. The first-order valence-electron chi connectivity index (χ1n) is 10.3. The summed E-state index contributed by atoms with van der Waals surface area (Å²) in [6, 6.07) is 5.28. The van der Waals surface area contributed by atoms with Gasteiger partial charge in [-0.05, 0) is 24.6 Å². The van der Waals surface area contributed by atoms with Gasteiger partial charge in [-0.15, -0.1) is 5.10 Å². The lowest BCUT2D eigenvalue weighted by molar-refractivity contribution is -0.139. The van der Waals surface area contributed by atoms with E-state index in [-0.39, 0.29) is 18.4 Å². The summed E-state index contributed by atoms with van der Waals surface area (Å²) >= 11 is 3.40. The van der Waals surface area contributed by atoms with Crippen LogP contribution >= 0.6 is 15.9 Å². The molecule has 1 unspecified atom stereocenters. The topological polar surface area (TPSA) is 118 Å². The molecule has 4 rings (SSSR count). The fourth-order valence-electron chi connectivity index (χ4n) is 3.62. The van der Waals surface area contributed by atoms with Crippen LogP contribution in [0.3, 0.4) is 0 Å². The molecule has 0 radical (unpaired) electrons. The second-order valence-electron chi connectivity index (χ2n) is 7.27. The summed E-state index contributed by atoms with van der Waals surface area (Å²) in [5.74, 6) is -0.682. The van der Waals surface area contributed by atoms with Gasteiger partial charge >= 0.3 is 5.97 Å². The van der Waals surface area contributed by atoms with Crippen molar-refractivity contribution in [2.45, 2.75) is 13.0 Å². The number of hydrogen-bond acceptors (Lipinski definition) is 9. The minimum Gasteiger partial charge on any atom is -0.463 e. The Morgan fingerprint density at radius 1 is 1.42 bits per heavy atom. The van der Waals surface area contributed by atoms with E-state index >= 15 is 0 Å². The van der Waals surface area contributed by atoms with Crippen molar-refractivity contribution >= 4 is 27.9 Å². The molecular formula is C21H21BrFN7O3. The van der Waals surface area contributed by atoms with Crippen LogP contribution in [0.5, 0.6) is 0 Å². The number of ether oxygens (including phenoxy) is 2. The van der Waals surface area contributed by atoms with E-state index in [0.717, 1.165) is 0 Å². The Morgan fingerprint density at radius 2 is 2.21 bits per heavy atom. The van der Waals surface area contributed by atoms with Crippen molar-refractivity contribution in [1.29, 1.82) is 5.26 Å². The molecular weight excluding hydrogens is 497 g/mol. The molecule has 172 valence electrons. The van der Waals surface area contributed by atoms with Gasteiger partial charge in [0.05, 0.1) is 25.4 Å². The summed E-state index contributed by atoms with van der Waals surface area (Å²) in [6.07, 6.45) is 1.36. The third-order valence-corrected chi connectivity index (χ3v) is 5.85. The van der Waals surface area contributed by atoms with Gasteiger partial charge in [-0.25, -0.2) is 19.2 Å². The van der Waals surface area contributed by atoms with E-state index in [9.17, 15) is 9.18 Å². The minimum absolute atomic E-state index is 0.0195. The highest BCUT2D eigenvalue weighted by atomic mass is 79.9. The smallest absolute Gasteiger partial charge is 0.338 e. The molecule has 2 aliphatic rings. The Labute approximate surface area is 197 Å². The summed E-state index contributed by atoms with van der Waals surface area (Å²) < 4.78 is 26.4. The zero-order valence-electron chi connectivity index (χ0n) is 17.8. The van der Waals surface area contributed by atoms with Gasteiger partial charge in [-0.1, -0.05) is 22.0 Å². The van der Waals surface area contributed by atoms with Crippen molar-refractivity contribution in [2.24, 2.45) is 4.99 Å². The molecule has 33 heavy (non-hydrogen) atoms. The number of nitrogens with zero attached hydrogens (tertiary/aromatic N) is 6. The summed E-state index contributed by atoms with van der Waals surface area (Å²) in [7, 11) is 0. The van der Waals surface area contributed by atoms with Crippen LogP contribution in [0.2, 0.25) is 0 Å². The second-order valence-corrected chi connectivity index (χ2v) is 8.13. The van der Waals surface area contributed by atoms with Crippen LogP contribution in [0.1, 0.15) is 24.4 Å². The van der Waals surface area contributed by atoms with Crippen molar-refractivity contribution in [1.82, 2.24) is 25.0 Å². The van der Waals surface area contributed by atoms with Crippen molar-refractivity contribution in [3.8, 4) is 6.07 Å². The SMILES string of the molecule is CCOC(=O)C1=C(CN2CCOCC2)NC(n2cnc(C#N)n2)=NC1c1ccc(F)cc1Br. The van der Waals surface area contributed by atoms with Crippen LogP contribution in [-0.2, 0) is 14.3 Å². The van der Waals surface area contributed by atoms with Gasteiger partial charge in [0.15, 0.2) is 0 Å². The molecule has 10 nitrogen and oxygen atoms in total. The largest absolute Gasteiger partial charge is 0.463 e. The number of benzene rings is 1. The standard InChI is InChI=1S/C21H21BrFN7O3/c1-2-33-20(31)18-16(11-29-5-7-32-8-6-29)26-21(30-12-25-17(10-24)28-30)27-19(18)14-4-3-13(23)9-15(14)22/h3-4,9,12,19H,2,5-8,11H2,1H3,(H,26,27). The predicted molar refractivity (Wildman–Crippen MR) is 118 cm³/mol. The van der Waals surface area contributed by atoms with Crippen molar-refractivity contribution < 1.29 is 18.7 Å². The van der Waals surface area contributed by atoms with Crippen LogP contribution in [-0.4, -0.2) is 71.0 Å². The minimum atomic E-state index is -0.805. The molecule has 1 fully saturated rings. The number of halogens is 2. The lowest BCUT2D eigenvalue weighted by Crippen LogP contribution is -2.44. The Hall–Kier alpha value is -3.14. The Balaban J connectivity index is 1.83. The lowest BCUT2D eigenvalue weighted by atomic mass is 9.95. The van der Waals surface area contributed by atoms with Crippen LogP contribution in [0.15, 0.2) is 45.3 Å². The molecule has 2 aromatic rings. The molecule has 0 saturated carbocycles. The fraction of sp³-hybridized carbons (Fsp3) is 0.381. The average Bonchev–Trinajstić information content (AvgIpc) is 3.29. The van der Waals surface area contributed by atoms with Crippen molar-refractivity contribution in [2.75, 3.05) is 39.5 Å². The van der Waals surface area contributed by atoms with E-state index in [1.165, 1.54) is 23.1 Å². The van der Waals surface area contributed by atoms with Gasteiger partial charge in [-0.3, -0.25) is 4.90 Å². The number of esters is 1. The number of carbonyl (C=O) groups excluding carboxylic acids is 1. The number of carbonyl (C=O) groups is 1. The normalized spacial score (nSPS) is 19.0. The maximum Gasteiger partial charge on any atom is 0.338 e. The third kappa shape index (κ3) is 5.11. The molecule has 1 saturated heterocycles. The van der Waals surface area contributed by atoms with E-state index in [2.05, 4.69) is 36.2 Å². The first-order valence-corrected chi connectivity index (χ1v) is 11.1. The first-order chi connectivity index (χ1) is 16.0. The maximum atomic E-state index is 13.8. The Morgan fingerprint density at radius 3 is 2.88 bits per heavy atom. The van der Waals surface area contributed by atoms with Crippen molar-refractivity contribution in [3.05, 3.63) is 57.5 Å². The molecule has 2 aliphatic heterocycles. The quantitative estimate of drug-likeness (QED) is 0.596. The van der Waals surface area contributed by atoms with Crippen molar-refractivity contribution in [3.63, 3.8) is 0 Å². The van der Waals surface area contributed by atoms with Gasteiger partial charge in [0, 0.05) is 29.8 Å². The Bertz CT molecular complexity index is 1150. The zero-order chi connectivity index (χ0) is 23.4. The number of rotatable bonds is 5. The number of nitriles is 1. The number of nitrogens with one attached hydrogen (secondary N) is 1. The van der Waals surface area contributed by atoms with E-state index < -0.39 is 17.8 Å². The van der Waals surface area contributed by atoms with Crippen LogP contribution in [0.4, 0.5) is 4.39 Å². The van der Waals surface area contributed by atoms with Gasteiger partial charge in [0.25, 0.3) is 5.82 Å². The second kappa shape index (κ2) is 10.2. The van der Waals surface area contributed by atoms with E-state index in [4.69, 9.17) is 19.7 Å². The summed E-state index contributed by atoms with van der Waals surface area (Å²) in [5, 5.41) is 16.4. The molecule has 1 N–H and O–H groups in total. The Kier molecular flexibility index (Phi) is 7.12. The number of morpholine rings is 1. The van der Waals surface area contributed by atoms with E-state index in [1.54, 1.807) is 13.0 Å². The molecule has 1 atom stereocenters. The average molecular weight is 518 g/mol. The number of aliphatic imine (C=N–C) groups is 1. The first kappa shape index (κ1) is 23.0. The molecule has 0 aliphatic carbocycles. The van der Waals surface area contributed by atoms with Crippen LogP contribution in [0, 0.1) is 17.1 Å². The molecule has 0 spiro atoms. The number of aromatic nitrogens is 3. The molecule has 1 aromatic carbocycles. The molecule has 0 amide bonds. The third-order valence-electron chi connectivity index (χ3n) is 5.16. The van der Waals surface area contributed by atoms with Crippen LogP contribution < -0.4 is 5.32 Å². The molecule has 3 heterocycles. The van der Waals surface area contributed by atoms with Gasteiger partial charge in [0.2, 0.25) is 5.96 Å². The van der Waals surface area contributed by atoms with E-state index in [1.807, 2.05) is 6.07 Å². The van der Waals surface area contributed by atoms with E-state index in [0.29, 0.717) is 54.2 Å². The fourth-order valence-corrected chi connectivity index (χ4v) is 4.19. The highest BCUT2D eigenvalue weighted by molar-refractivity contribution is 9.10. The molecule has 1 aromatic heterocycles. The summed E-state index contributed by atoms with van der Waals surface area (Å²) in [5.41, 5.74) is 1.48. The molecule has 12 heteroatoms. The monoisotopic (exact) mass is 517 g/mol. The van der Waals surface area contributed by atoms with Gasteiger partial charge in [0.1, 0.15) is 24.3 Å². The lowest BCUT2D eigenvalue weighted by Gasteiger charge is -2.32. The maximum absolute atomic E-state index is 13.8. The highest BCUT2D eigenvalue weighted by Gasteiger charge is 2.34. The highest BCUT2D eigenvalue weighted by Crippen LogP contribution is 2.36. The van der Waals surface area contributed by atoms with Gasteiger partial charge in [-0.2, -0.15) is 9.94 Å². The molecule has 0 bridgehead atoms.